The molecule has 0 aliphatic heterocycles. The Morgan fingerprint density at radius 1 is 0.565 bits per heavy atom. The highest BCUT2D eigenvalue weighted by Crippen LogP contribution is 2.16. The van der Waals surface area contributed by atoms with Gasteiger partial charge in [0.2, 0.25) is 0 Å². The summed E-state index contributed by atoms with van der Waals surface area (Å²) >= 11 is 0. The highest BCUT2D eigenvalue weighted by Gasteiger charge is 1.92. The summed E-state index contributed by atoms with van der Waals surface area (Å²) in [6.45, 7) is 13.0. The molecule has 0 N–H and O–H groups in total. The van der Waals surface area contributed by atoms with E-state index in [9.17, 15) is 0 Å². The van der Waals surface area contributed by atoms with E-state index < -0.39 is 0 Å². The molecular formula is C23H38. The lowest BCUT2D eigenvalue weighted by atomic mass is 10.1. The molecule has 23 heavy (non-hydrogen) atoms. The van der Waals surface area contributed by atoms with Crippen molar-refractivity contribution in [1.29, 1.82) is 0 Å². The number of benzene rings is 2. The zero-order chi connectivity index (χ0) is 17.5. The Labute approximate surface area is 145 Å². The molecule has 0 saturated carbocycles. The highest BCUT2D eigenvalue weighted by molar-refractivity contribution is 5.83. The van der Waals surface area contributed by atoms with Gasteiger partial charge < -0.3 is 0 Å². The second kappa shape index (κ2) is 14.3. The van der Waals surface area contributed by atoms with Crippen molar-refractivity contribution in [2.24, 2.45) is 0 Å². The average Bonchev–Trinajstić information content (AvgIpc) is 2.53. The van der Waals surface area contributed by atoms with Crippen LogP contribution in [0, 0.1) is 13.8 Å². The maximum atomic E-state index is 2.26. The molecule has 130 valence electrons. The molecule has 0 saturated heterocycles. The summed E-state index contributed by atoms with van der Waals surface area (Å²) in [5, 5.41) is 2.67. The van der Waals surface area contributed by atoms with Gasteiger partial charge in [0.05, 0.1) is 0 Å². The largest absolute Gasteiger partial charge is 0.0656 e. The van der Waals surface area contributed by atoms with Crippen LogP contribution < -0.4 is 0 Å². The number of unbranched alkanes of at least 4 members (excludes halogenated alkanes) is 5. The predicted molar refractivity (Wildman–Crippen MR) is 108 cm³/mol. The molecular weight excluding hydrogens is 276 g/mol. The van der Waals surface area contributed by atoms with Gasteiger partial charge in [-0.15, -0.1) is 0 Å². The fourth-order valence-electron chi connectivity index (χ4n) is 2.34. The zero-order valence-electron chi connectivity index (χ0n) is 16.4. The van der Waals surface area contributed by atoms with Gasteiger partial charge in [-0.05, 0) is 24.6 Å². The lowest BCUT2D eigenvalue weighted by molar-refractivity contribution is 0.624. The minimum Gasteiger partial charge on any atom is -0.0656 e. The van der Waals surface area contributed by atoms with E-state index in [0.717, 1.165) is 0 Å². The van der Waals surface area contributed by atoms with Crippen LogP contribution in [0.25, 0.3) is 10.8 Å². The number of rotatable bonds is 5. The van der Waals surface area contributed by atoms with Crippen LogP contribution in [0.1, 0.15) is 83.8 Å². The first kappa shape index (κ1) is 21.7. The summed E-state index contributed by atoms with van der Waals surface area (Å²) in [5.74, 6) is 0. The maximum absolute atomic E-state index is 2.26. The number of aryl methyl sites for hydroxylation is 2. The molecule has 0 atom stereocenters. The zero-order valence-corrected chi connectivity index (χ0v) is 16.4. The van der Waals surface area contributed by atoms with Crippen LogP contribution >= 0.6 is 0 Å². The summed E-state index contributed by atoms with van der Waals surface area (Å²) in [6.07, 6.45) is 9.74. The Morgan fingerprint density at radius 2 is 0.913 bits per heavy atom. The molecule has 0 heterocycles. The van der Waals surface area contributed by atoms with Gasteiger partial charge in [-0.2, -0.15) is 0 Å². The standard InChI is InChI=1S/C12H12.C8H18.C3H8/c1-9-3-5-12-8-10(2)4-6-11(12)7-9;1-3-5-7-8-6-4-2;1-3-2/h3-8H,1-2H3;3-8H2,1-2H3;3H2,1-2H3. The molecule has 2 rings (SSSR count). The fraction of sp³-hybridized carbons (Fsp3) is 0.565. The lowest BCUT2D eigenvalue weighted by Crippen LogP contribution is -1.76. The van der Waals surface area contributed by atoms with E-state index in [1.165, 1.54) is 66.8 Å². The molecule has 0 aromatic heterocycles. The van der Waals surface area contributed by atoms with Gasteiger partial charge in [-0.3, -0.25) is 0 Å². The summed E-state index contributed by atoms with van der Waals surface area (Å²) < 4.78 is 0. The van der Waals surface area contributed by atoms with Crippen LogP contribution in [-0.4, -0.2) is 0 Å². The minimum atomic E-state index is 1.25. The molecule has 0 unspecified atom stereocenters. The minimum absolute atomic E-state index is 1.25. The van der Waals surface area contributed by atoms with Gasteiger partial charge in [-0.1, -0.05) is 120 Å². The Kier molecular flexibility index (Phi) is 13.5. The number of hydrogen-bond donors (Lipinski definition) is 0. The van der Waals surface area contributed by atoms with Crippen LogP contribution in [-0.2, 0) is 0 Å². The van der Waals surface area contributed by atoms with Gasteiger partial charge >= 0.3 is 0 Å². The molecule has 0 heteroatoms. The van der Waals surface area contributed by atoms with Crippen LogP contribution in [0.3, 0.4) is 0 Å². The van der Waals surface area contributed by atoms with Crippen molar-refractivity contribution in [3.63, 3.8) is 0 Å². The molecule has 2 aromatic rings. The number of fused-ring (bicyclic) bond motifs is 1. The summed E-state index contributed by atoms with van der Waals surface area (Å²) in [5.41, 5.74) is 2.65. The van der Waals surface area contributed by atoms with Crippen LogP contribution in [0.15, 0.2) is 36.4 Å². The molecule has 0 amide bonds. The van der Waals surface area contributed by atoms with Gasteiger partial charge in [-0.25, -0.2) is 0 Å². The van der Waals surface area contributed by atoms with E-state index in [4.69, 9.17) is 0 Å². The third kappa shape index (κ3) is 11.0. The van der Waals surface area contributed by atoms with Crippen molar-refractivity contribution in [3.8, 4) is 0 Å². The maximum Gasteiger partial charge on any atom is -0.0181 e. The van der Waals surface area contributed by atoms with E-state index in [-0.39, 0.29) is 0 Å². The van der Waals surface area contributed by atoms with Crippen LogP contribution in [0.4, 0.5) is 0 Å². The van der Waals surface area contributed by atoms with Crippen LogP contribution in [0.5, 0.6) is 0 Å². The fourth-order valence-corrected chi connectivity index (χ4v) is 2.34. The van der Waals surface area contributed by atoms with E-state index in [2.05, 4.69) is 77.9 Å². The van der Waals surface area contributed by atoms with Gasteiger partial charge in [0.25, 0.3) is 0 Å². The lowest BCUT2D eigenvalue weighted by Gasteiger charge is -1.99. The summed E-state index contributed by atoms with van der Waals surface area (Å²) in [6, 6.07) is 13.1. The SMILES string of the molecule is CCC.CCCCCCCC.Cc1ccc2cc(C)ccc2c1. The van der Waals surface area contributed by atoms with E-state index in [0.29, 0.717) is 0 Å². The monoisotopic (exact) mass is 314 g/mol. The van der Waals surface area contributed by atoms with Gasteiger partial charge in [0.15, 0.2) is 0 Å². The Balaban J connectivity index is 0.000000385. The van der Waals surface area contributed by atoms with Crippen LogP contribution in [0.2, 0.25) is 0 Å². The van der Waals surface area contributed by atoms with E-state index >= 15 is 0 Å². The first-order valence-electron chi connectivity index (χ1n) is 9.55. The topological polar surface area (TPSA) is 0 Å². The van der Waals surface area contributed by atoms with E-state index in [1.54, 1.807) is 0 Å². The van der Waals surface area contributed by atoms with E-state index in [1.807, 2.05) is 0 Å². The smallest absolute Gasteiger partial charge is 0.0181 e. The van der Waals surface area contributed by atoms with Crippen molar-refractivity contribution < 1.29 is 0 Å². The third-order valence-electron chi connectivity index (χ3n) is 3.61. The molecule has 0 radical (unpaired) electrons. The van der Waals surface area contributed by atoms with Crippen molar-refractivity contribution in [1.82, 2.24) is 0 Å². The van der Waals surface area contributed by atoms with Crippen molar-refractivity contribution >= 4 is 10.8 Å². The second-order valence-corrected chi connectivity index (χ2v) is 6.48. The average molecular weight is 315 g/mol. The molecule has 0 nitrogen and oxygen atoms in total. The summed E-state index contributed by atoms with van der Waals surface area (Å²) in [7, 11) is 0. The molecule has 0 bridgehead atoms. The highest BCUT2D eigenvalue weighted by atomic mass is 14.0. The molecule has 2 aromatic carbocycles. The first-order chi connectivity index (χ1) is 11.1. The third-order valence-corrected chi connectivity index (χ3v) is 3.61. The molecule has 0 spiro atoms. The quantitative estimate of drug-likeness (QED) is 0.487. The normalized spacial score (nSPS) is 9.65. The first-order valence-corrected chi connectivity index (χ1v) is 9.55. The predicted octanol–water partition coefficient (Wildman–Crippen LogP) is 8.24. The Hall–Kier alpha value is -1.30. The molecule has 0 aliphatic rings. The summed E-state index contributed by atoms with van der Waals surface area (Å²) in [4.78, 5) is 0. The Morgan fingerprint density at radius 3 is 1.22 bits per heavy atom. The Bertz CT molecular complexity index is 463. The van der Waals surface area contributed by atoms with Crippen molar-refractivity contribution in [3.05, 3.63) is 47.5 Å². The van der Waals surface area contributed by atoms with Crippen molar-refractivity contribution in [2.45, 2.75) is 86.5 Å². The van der Waals surface area contributed by atoms with Gasteiger partial charge in [0, 0.05) is 0 Å². The molecule has 0 aliphatic carbocycles. The van der Waals surface area contributed by atoms with Crippen molar-refractivity contribution in [2.75, 3.05) is 0 Å². The number of hydrogen-bond acceptors (Lipinski definition) is 0. The second-order valence-electron chi connectivity index (χ2n) is 6.48. The molecule has 0 fully saturated rings. The van der Waals surface area contributed by atoms with Gasteiger partial charge in [0.1, 0.15) is 0 Å².